The first-order valence-corrected chi connectivity index (χ1v) is 9.07. The van der Waals surface area contributed by atoms with Gasteiger partial charge in [0.25, 0.3) is 0 Å². The lowest BCUT2D eigenvalue weighted by atomic mass is 10.1. The second-order valence-electron chi connectivity index (χ2n) is 5.50. The summed E-state index contributed by atoms with van der Waals surface area (Å²) in [7, 11) is -3.13. The number of sulfone groups is 1. The van der Waals surface area contributed by atoms with Crippen LogP contribution in [0.15, 0.2) is 24.3 Å². The summed E-state index contributed by atoms with van der Waals surface area (Å²) in [6.45, 7) is 3.95. The van der Waals surface area contributed by atoms with Crippen LogP contribution in [-0.2, 0) is 26.0 Å². The van der Waals surface area contributed by atoms with Crippen molar-refractivity contribution in [1.29, 1.82) is 0 Å². The van der Waals surface area contributed by atoms with Crippen LogP contribution in [0, 0.1) is 5.92 Å². The largest absolute Gasteiger partial charge is 0.352 e. The number of amides is 2. The van der Waals surface area contributed by atoms with Crippen LogP contribution >= 0.6 is 0 Å². The highest BCUT2D eigenvalue weighted by atomic mass is 32.2. The van der Waals surface area contributed by atoms with E-state index in [1.54, 1.807) is 24.3 Å². The summed E-state index contributed by atoms with van der Waals surface area (Å²) in [5, 5.41) is 5.44. The molecule has 0 aliphatic heterocycles. The predicted octanol–water partition coefficient (Wildman–Crippen LogP) is 1.33. The van der Waals surface area contributed by atoms with E-state index in [2.05, 4.69) is 10.6 Å². The van der Waals surface area contributed by atoms with Gasteiger partial charge in [-0.1, -0.05) is 26.0 Å². The van der Waals surface area contributed by atoms with E-state index in [-0.39, 0.29) is 29.9 Å². The molecule has 0 unspecified atom stereocenters. The number of nitrogens with one attached hydrogen (secondary N) is 2. The molecule has 2 amide bonds. The molecular formula is C15H22N2O4S. The zero-order valence-electron chi connectivity index (χ0n) is 13.0. The number of hydrogen-bond acceptors (Lipinski definition) is 4. The Hall–Kier alpha value is -1.89. The minimum absolute atomic E-state index is 0.0403. The first kappa shape index (κ1) is 18.2. The van der Waals surface area contributed by atoms with E-state index < -0.39 is 9.84 Å². The molecule has 0 atom stereocenters. The van der Waals surface area contributed by atoms with Crippen LogP contribution in [-0.4, -0.2) is 32.2 Å². The summed E-state index contributed by atoms with van der Waals surface area (Å²) in [6.07, 6.45) is 1.06. The molecule has 0 aromatic heterocycles. The van der Waals surface area contributed by atoms with Crippen LogP contribution in [0.5, 0.6) is 0 Å². The zero-order valence-corrected chi connectivity index (χ0v) is 13.9. The van der Waals surface area contributed by atoms with Crippen molar-refractivity contribution in [2.24, 2.45) is 5.92 Å². The average molecular weight is 326 g/mol. The molecule has 1 rings (SSSR count). The Morgan fingerprint density at radius 1 is 1.14 bits per heavy atom. The minimum atomic E-state index is -3.13. The van der Waals surface area contributed by atoms with Crippen LogP contribution in [0.3, 0.4) is 0 Å². The van der Waals surface area contributed by atoms with E-state index in [1.807, 2.05) is 13.8 Å². The summed E-state index contributed by atoms with van der Waals surface area (Å²) in [6, 6.07) is 7.12. The summed E-state index contributed by atoms with van der Waals surface area (Å²) in [5.74, 6) is -0.600. The summed E-state index contributed by atoms with van der Waals surface area (Å²) < 4.78 is 21.9. The van der Waals surface area contributed by atoms with Crippen molar-refractivity contribution in [1.82, 2.24) is 5.32 Å². The lowest BCUT2D eigenvalue weighted by molar-refractivity contribution is -0.121. The monoisotopic (exact) mass is 326 g/mol. The molecule has 1 aromatic carbocycles. The Labute approximate surface area is 131 Å². The van der Waals surface area contributed by atoms with Gasteiger partial charge in [0.15, 0.2) is 0 Å². The maximum Gasteiger partial charge on any atom is 0.226 e. The van der Waals surface area contributed by atoms with Crippen LogP contribution < -0.4 is 10.6 Å². The Bertz CT molecular complexity index is 621. The third kappa shape index (κ3) is 7.21. The summed E-state index contributed by atoms with van der Waals surface area (Å²) in [4.78, 5) is 23.1. The van der Waals surface area contributed by atoms with Crippen molar-refractivity contribution in [3.63, 3.8) is 0 Å². The van der Waals surface area contributed by atoms with Gasteiger partial charge in [-0.2, -0.15) is 0 Å². The van der Waals surface area contributed by atoms with Crippen molar-refractivity contribution in [3.8, 4) is 0 Å². The van der Waals surface area contributed by atoms with Gasteiger partial charge in [0.1, 0.15) is 9.84 Å². The maximum atomic E-state index is 11.5. The van der Waals surface area contributed by atoms with Crippen molar-refractivity contribution in [3.05, 3.63) is 29.8 Å². The van der Waals surface area contributed by atoms with E-state index in [0.29, 0.717) is 12.2 Å². The molecule has 1 aromatic rings. The van der Waals surface area contributed by atoms with Crippen LogP contribution in [0.25, 0.3) is 0 Å². The fourth-order valence-electron chi connectivity index (χ4n) is 1.56. The van der Waals surface area contributed by atoms with E-state index in [1.165, 1.54) is 0 Å². The standard InChI is InChI=1S/C15H22N2O4S/c1-11(2)15(19)17-13-6-4-12(5-7-13)10-16-14(18)8-9-22(3,20)21/h4-7,11H,8-10H2,1-3H3,(H,16,18)(H,17,19). The highest BCUT2D eigenvalue weighted by molar-refractivity contribution is 7.90. The normalized spacial score (nSPS) is 11.3. The topological polar surface area (TPSA) is 92.3 Å². The molecule has 0 saturated carbocycles. The Kier molecular flexibility index (Phi) is 6.55. The van der Waals surface area contributed by atoms with E-state index in [4.69, 9.17) is 0 Å². The van der Waals surface area contributed by atoms with Gasteiger partial charge in [0.2, 0.25) is 11.8 Å². The van der Waals surface area contributed by atoms with Crippen LogP contribution in [0.4, 0.5) is 5.69 Å². The van der Waals surface area contributed by atoms with Gasteiger partial charge in [0, 0.05) is 30.8 Å². The number of carbonyl (C=O) groups is 2. The zero-order chi connectivity index (χ0) is 16.8. The molecule has 0 aliphatic carbocycles. The minimum Gasteiger partial charge on any atom is -0.352 e. The van der Waals surface area contributed by atoms with E-state index >= 15 is 0 Å². The van der Waals surface area contributed by atoms with Gasteiger partial charge in [-0.25, -0.2) is 8.42 Å². The summed E-state index contributed by atoms with van der Waals surface area (Å²) >= 11 is 0. The molecule has 122 valence electrons. The van der Waals surface area contributed by atoms with Crippen LogP contribution in [0.1, 0.15) is 25.8 Å². The first-order chi connectivity index (χ1) is 10.2. The van der Waals surface area contributed by atoms with Crippen molar-refractivity contribution in [2.45, 2.75) is 26.8 Å². The van der Waals surface area contributed by atoms with Gasteiger partial charge in [-0.15, -0.1) is 0 Å². The highest BCUT2D eigenvalue weighted by Gasteiger charge is 2.08. The molecule has 0 bridgehead atoms. The number of carbonyl (C=O) groups excluding carboxylic acids is 2. The summed E-state index contributed by atoms with van der Waals surface area (Å²) in [5.41, 5.74) is 1.57. The average Bonchev–Trinajstić information content (AvgIpc) is 2.43. The van der Waals surface area contributed by atoms with Crippen molar-refractivity contribution in [2.75, 3.05) is 17.3 Å². The fourth-order valence-corrected chi connectivity index (χ4v) is 2.12. The molecule has 0 aliphatic rings. The number of benzene rings is 1. The van der Waals surface area contributed by atoms with Gasteiger partial charge in [0.05, 0.1) is 5.75 Å². The lowest BCUT2D eigenvalue weighted by Crippen LogP contribution is -2.25. The molecule has 22 heavy (non-hydrogen) atoms. The number of anilines is 1. The quantitative estimate of drug-likeness (QED) is 0.790. The molecule has 7 heteroatoms. The third-order valence-electron chi connectivity index (χ3n) is 2.94. The second kappa shape index (κ2) is 7.93. The maximum absolute atomic E-state index is 11.5. The molecule has 0 radical (unpaired) electrons. The molecule has 0 spiro atoms. The Balaban J connectivity index is 2.44. The van der Waals surface area contributed by atoms with Gasteiger partial charge in [-0.05, 0) is 17.7 Å². The fraction of sp³-hybridized carbons (Fsp3) is 0.467. The third-order valence-corrected chi connectivity index (χ3v) is 3.88. The van der Waals surface area contributed by atoms with Crippen molar-refractivity contribution < 1.29 is 18.0 Å². The van der Waals surface area contributed by atoms with Crippen molar-refractivity contribution >= 4 is 27.3 Å². The van der Waals surface area contributed by atoms with Gasteiger partial charge in [-0.3, -0.25) is 9.59 Å². The molecule has 0 saturated heterocycles. The molecule has 2 N–H and O–H groups in total. The number of hydrogen-bond donors (Lipinski definition) is 2. The van der Waals surface area contributed by atoms with E-state index in [0.717, 1.165) is 11.8 Å². The lowest BCUT2D eigenvalue weighted by Gasteiger charge is -2.09. The smallest absolute Gasteiger partial charge is 0.226 e. The van der Waals surface area contributed by atoms with Crippen LogP contribution in [0.2, 0.25) is 0 Å². The first-order valence-electron chi connectivity index (χ1n) is 7.01. The number of rotatable bonds is 7. The molecular weight excluding hydrogens is 304 g/mol. The van der Waals surface area contributed by atoms with E-state index in [9.17, 15) is 18.0 Å². The SMILES string of the molecule is CC(C)C(=O)Nc1ccc(CNC(=O)CCS(C)(=O)=O)cc1. The molecule has 0 fully saturated rings. The van der Waals surface area contributed by atoms with Gasteiger partial charge >= 0.3 is 0 Å². The Morgan fingerprint density at radius 3 is 2.23 bits per heavy atom. The highest BCUT2D eigenvalue weighted by Crippen LogP contribution is 2.11. The molecule has 6 nitrogen and oxygen atoms in total. The molecule has 0 heterocycles. The predicted molar refractivity (Wildman–Crippen MR) is 86.1 cm³/mol. The Morgan fingerprint density at radius 2 is 1.73 bits per heavy atom. The second-order valence-corrected chi connectivity index (χ2v) is 7.76. The van der Waals surface area contributed by atoms with Gasteiger partial charge < -0.3 is 10.6 Å².